The van der Waals surface area contributed by atoms with E-state index in [0.29, 0.717) is 5.02 Å². The average molecular weight is 419 g/mol. The van der Waals surface area contributed by atoms with E-state index in [9.17, 15) is 0 Å². The van der Waals surface area contributed by atoms with Crippen LogP contribution in [0.1, 0.15) is 24.8 Å². The van der Waals surface area contributed by atoms with Crippen molar-refractivity contribution in [1.82, 2.24) is 24.6 Å². The summed E-state index contributed by atoms with van der Waals surface area (Å²) in [4.78, 5) is 11.4. The summed E-state index contributed by atoms with van der Waals surface area (Å²) in [5, 5.41) is 9.42. The molecule has 1 saturated heterocycles. The first-order valence-electron chi connectivity index (χ1n) is 10.3. The second-order valence-electron chi connectivity index (χ2n) is 7.65. The van der Waals surface area contributed by atoms with Gasteiger partial charge in [-0.05, 0) is 61.8 Å². The zero-order valence-electron chi connectivity index (χ0n) is 16.6. The van der Waals surface area contributed by atoms with Crippen LogP contribution in [-0.2, 0) is 6.54 Å². The van der Waals surface area contributed by atoms with Crippen molar-refractivity contribution >= 4 is 34.1 Å². The molecule has 6 nitrogen and oxygen atoms in total. The Morgan fingerprint density at radius 2 is 1.80 bits per heavy atom. The Balaban J connectivity index is 1.36. The van der Waals surface area contributed by atoms with E-state index in [1.54, 1.807) is 17.2 Å². The monoisotopic (exact) mass is 418 g/mol. The number of benzene rings is 2. The van der Waals surface area contributed by atoms with Gasteiger partial charge in [-0.1, -0.05) is 36.2 Å². The number of halogens is 1. The Hall–Kier alpha value is -2.96. The van der Waals surface area contributed by atoms with Gasteiger partial charge in [0.1, 0.15) is 12.1 Å². The largest absolute Gasteiger partial charge is 0.340 e. The standard InChI is InChI=1S/C23H23ClN6/c24-18-5-4-6-20(13-18)30-23-21(14-27-30)22(25-16-26-23)28-19-9-7-17(8-10-19)15-29-11-2-1-3-12-29/h4-10,13-14,16H,1-3,11-12,15H2,(H,25,26,28). The molecule has 3 heterocycles. The molecule has 152 valence electrons. The molecule has 0 saturated carbocycles. The van der Waals surface area contributed by atoms with Gasteiger partial charge >= 0.3 is 0 Å². The predicted molar refractivity (Wildman–Crippen MR) is 121 cm³/mol. The van der Waals surface area contributed by atoms with Crippen LogP contribution in [0.15, 0.2) is 61.1 Å². The molecule has 0 bridgehead atoms. The highest BCUT2D eigenvalue weighted by Crippen LogP contribution is 2.26. The number of nitrogens with one attached hydrogen (secondary N) is 1. The Morgan fingerprint density at radius 1 is 0.967 bits per heavy atom. The van der Waals surface area contributed by atoms with Crippen LogP contribution in [0.25, 0.3) is 16.7 Å². The minimum Gasteiger partial charge on any atom is -0.340 e. The third-order valence-corrected chi connectivity index (χ3v) is 5.73. The van der Waals surface area contributed by atoms with Crippen LogP contribution in [0, 0.1) is 0 Å². The summed E-state index contributed by atoms with van der Waals surface area (Å²) in [5.41, 5.74) is 3.93. The summed E-state index contributed by atoms with van der Waals surface area (Å²) in [6.07, 6.45) is 7.32. The molecule has 1 N–H and O–H groups in total. The van der Waals surface area contributed by atoms with E-state index < -0.39 is 0 Å². The van der Waals surface area contributed by atoms with E-state index in [4.69, 9.17) is 11.6 Å². The van der Waals surface area contributed by atoms with Crippen LogP contribution in [-0.4, -0.2) is 37.7 Å². The molecule has 0 spiro atoms. The van der Waals surface area contributed by atoms with Crippen molar-refractivity contribution in [3.05, 3.63) is 71.6 Å². The van der Waals surface area contributed by atoms with Crippen molar-refractivity contribution in [1.29, 1.82) is 0 Å². The van der Waals surface area contributed by atoms with E-state index in [2.05, 4.69) is 49.5 Å². The maximum atomic E-state index is 6.14. The summed E-state index contributed by atoms with van der Waals surface area (Å²) in [5.74, 6) is 0.733. The molecule has 4 aromatic rings. The predicted octanol–water partition coefficient (Wildman–Crippen LogP) is 5.20. The molecule has 1 aliphatic rings. The molecule has 0 radical (unpaired) electrons. The zero-order chi connectivity index (χ0) is 20.3. The van der Waals surface area contributed by atoms with Gasteiger partial charge in [-0.3, -0.25) is 4.90 Å². The smallest absolute Gasteiger partial charge is 0.168 e. The van der Waals surface area contributed by atoms with Crippen LogP contribution >= 0.6 is 11.6 Å². The summed E-state index contributed by atoms with van der Waals surface area (Å²) in [6, 6.07) is 16.1. The van der Waals surface area contributed by atoms with Gasteiger partial charge in [0.2, 0.25) is 0 Å². The molecule has 0 atom stereocenters. The summed E-state index contributed by atoms with van der Waals surface area (Å²) >= 11 is 6.14. The average Bonchev–Trinajstić information content (AvgIpc) is 3.21. The van der Waals surface area contributed by atoms with Crippen LogP contribution < -0.4 is 5.32 Å². The second-order valence-corrected chi connectivity index (χ2v) is 8.09. The zero-order valence-corrected chi connectivity index (χ0v) is 17.4. The molecule has 1 fully saturated rings. The molecular weight excluding hydrogens is 396 g/mol. The summed E-state index contributed by atoms with van der Waals surface area (Å²) < 4.78 is 1.77. The highest BCUT2D eigenvalue weighted by Gasteiger charge is 2.13. The van der Waals surface area contributed by atoms with Gasteiger partial charge < -0.3 is 5.32 Å². The van der Waals surface area contributed by atoms with E-state index in [-0.39, 0.29) is 0 Å². The SMILES string of the molecule is Clc1cccc(-n2ncc3c(Nc4ccc(CN5CCCCC5)cc4)ncnc32)c1. The van der Waals surface area contributed by atoms with Crippen LogP contribution in [0.2, 0.25) is 5.02 Å². The van der Waals surface area contributed by atoms with E-state index in [1.807, 2.05) is 24.3 Å². The second kappa shape index (κ2) is 8.42. The minimum atomic E-state index is 0.660. The van der Waals surface area contributed by atoms with Crippen molar-refractivity contribution in [2.24, 2.45) is 0 Å². The summed E-state index contributed by atoms with van der Waals surface area (Å²) in [7, 11) is 0. The van der Waals surface area contributed by atoms with Crippen molar-refractivity contribution in [2.45, 2.75) is 25.8 Å². The number of nitrogens with zero attached hydrogens (tertiary/aromatic N) is 5. The lowest BCUT2D eigenvalue weighted by molar-refractivity contribution is 0.221. The lowest BCUT2D eigenvalue weighted by Gasteiger charge is -2.26. The Labute approximate surface area is 180 Å². The molecule has 2 aromatic heterocycles. The van der Waals surface area contributed by atoms with E-state index in [1.165, 1.54) is 37.9 Å². The van der Waals surface area contributed by atoms with Gasteiger partial charge in [0.25, 0.3) is 0 Å². The topological polar surface area (TPSA) is 58.9 Å². The lowest BCUT2D eigenvalue weighted by Crippen LogP contribution is -2.29. The fourth-order valence-electron chi connectivity index (χ4n) is 3.95. The van der Waals surface area contributed by atoms with Crippen molar-refractivity contribution < 1.29 is 0 Å². The third-order valence-electron chi connectivity index (χ3n) is 5.49. The number of likely N-dealkylation sites (tertiary alicyclic amines) is 1. The highest BCUT2D eigenvalue weighted by atomic mass is 35.5. The molecule has 0 amide bonds. The van der Waals surface area contributed by atoms with E-state index >= 15 is 0 Å². The molecule has 5 rings (SSSR count). The molecular formula is C23H23ClN6. The number of aromatic nitrogens is 4. The molecule has 0 aliphatic carbocycles. The normalized spacial score (nSPS) is 14.8. The number of hydrogen-bond acceptors (Lipinski definition) is 5. The van der Waals surface area contributed by atoms with Gasteiger partial charge in [0, 0.05) is 17.3 Å². The summed E-state index contributed by atoms with van der Waals surface area (Å²) in [6.45, 7) is 3.43. The van der Waals surface area contributed by atoms with Gasteiger partial charge in [-0.25, -0.2) is 14.6 Å². The molecule has 30 heavy (non-hydrogen) atoms. The van der Waals surface area contributed by atoms with Crippen LogP contribution in [0.5, 0.6) is 0 Å². The first-order valence-corrected chi connectivity index (χ1v) is 10.7. The van der Waals surface area contributed by atoms with Gasteiger partial charge in [0.05, 0.1) is 17.3 Å². The number of hydrogen-bond donors (Lipinski definition) is 1. The molecule has 7 heteroatoms. The first-order chi connectivity index (χ1) is 14.8. The lowest BCUT2D eigenvalue weighted by atomic mass is 10.1. The van der Waals surface area contributed by atoms with Crippen LogP contribution in [0.4, 0.5) is 11.5 Å². The van der Waals surface area contributed by atoms with E-state index in [0.717, 1.165) is 34.8 Å². The molecule has 1 aliphatic heterocycles. The fraction of sp³-hybridized carbons (Fsp3) is 0.261. The number of anilines is 2. The molecule has 0 unspecified atom stereocenters. The van der Waals surface area contributed by atoms with Gasteiger partial charge in [-0.2, -0.15) is 5.10 Å². The molecule has 2 aromatic carbocycles. The number of piperidine rings is 1. The van der Waals surface area contributed by atoms with Crippen LogP contribution in [0.3, 0.4) is 0 Å². The third kappa shape index (κ3) is 4.01. The Morgan fingerprint density at radius 3 is 2.60 bits per heavy atom. The van der Waals surface area contributed by atoms with Gasteiger partial charge in [-0.15, -0.1) is 0 Å². The number of rotatable bonds is 5. The fourth-order valence-corrected chi connectivity index (χ4v) is 4.13. The maximum absolute atomic E-state index is 6.14. The maximum Gasteiger partial charge on any atom is 0.168 e. The first kappa shape index (κ1) is 19.0. The number of fused-ring (bicyclic) bond motifs is 1. The van der Waals surface area contributed by atoms with Crippen molar-refractivity contribution in [2.75, 3.05) is 18.4 Å². The Kier molecular flexibility index (Phi) is 5.34. The minimum absolute atomic E-state index is 0.660. The van der Waals surface area contributed by atoms with Crippen molar-refractivity contribution in [3.63, 3.8) is 0 Å². The Bertz CT molecular complexity index is 1150. The van der Waals surface area contributed by atoms with Gasteiger partial charge in [0.15, 0.2) is 5.65 Å². The quantitative estimate of drug-likeness (QED) is 0.482. The van der Waals surface area contributed by atoms with Crippen molar-refractivity contribution in [3.8, 4) is 5.69 Å². The highest BCUT2D eigenvalue weighted by molar-refractivity contribution is 6.30.